The van der Waals surface area contributed by atoms with Gasteiger partial charge in [-0.1, -0.05) is 12.1 Å². The lowest BCUT2D eigenvalue weighted by atomic mass is 9.99. The maximum absolute atomic E-state index is 13.0. The van der Waals surface area contributed by atoms with E-state index in [9.17, 15) is 24.2 Å². The Bertz CT molecular complexity index is 999. The zero-order chi connectivity index (χ0) is 18.1. The molecule has 25 heavy (non-hydrogen) atoms. The van der Waals surface area contributed by atoms with Crippen LogP contribution in [-0.2, 0) is 6.42 Å². The number of fused-ring (bicyclic) bond motifs is 1. The number of carboxylic acids is 2. The zero-order valence-electron chi connectivity index (χ0n) is 12.7. The van der Waals surface area contributed by atoms with Gasteiger partial charge in [-0.2, -0.15) is 0 Å². The van der Waals surface area contributed by atoms with Gasteiger partial charge in [0.25, 0.3) is 0 Å². The van der Waals surface area contributed by atoms with E-state index in [2.05, 4.69) is 4.98 Å². The Morgan fingerprint density at radius 2 is 1.60 bits per heavy atom. The summed E-state index contributed by atoms with van der Waals surface area (Å²) < 4.78 is 13.0. The third kappa shape index (κ3) is 3.12. The van der Waals surface area contributed by atoms with E-state index in [-0.39, 0.29) is 22.3 Å². The van der Waals surface area contributed by atoms with E-state index >= 15 is 0 Å². The largest absolute Gasteiger partial charge is 0.505 e. The van der Waals surface area contributed by atoms with Crippen LogP contribution in [0.3, 0.4) is 0 Å². The monoisotopic (exact) mass is 341 g/mol. The van der Waals surface area contributed by atoms with Crippen LogP contribution in [0.5, 0.6) is 5.75 Å². The first-order valence-corrected chi connectivity index (χ1v) is 7.22. The van der Waals surface area contributed by atoms with Gasteiger partial charge < -0.3 is 15.3 Å². The molecule has 3 aromatic rings. The number of carboxylic acid groups (broad SMARTS) is 2. The van der Waals surface area contributed by atoms with Gasteiger partial charge in [-0.25, -0.2) is 14.0 Å². The van der Waals surface area contributed by atoms with Crippen molar-refractivity contribution in [3.8, 4) is 5.75 Å². The van der Waals surface area contributed by atoms with Crippen molar-refractivity contribution in [1.29, 1.82) is 0 Å². The van der Waals surface area contributed by atoms with E-state index in [1.807, 2.05) is 0 Å². The lowest BCUT2D eigenvalue weighted by Gasteiger charge is -2.10. The fourth-order valence-corrected chi connectivity index (χ4v) is 2.59. The Hall–Kier alpha value is -3.48. The molecule has 7 heteroatoms. The molecule has 0 aliphatic heterocycles. The lowest BCUT2D eigenvalue weighted by Crippen LogP contribution is -2.05. The summed E-state index contributed by atoms with van der Waals surface area (Å²) in [4.78, 5) is 26.7. The number of hydrogen-bond donors (Lipinski definition) is 3. The second-order valence-electron chi connectivity index (χ2n) is 5.47. The summed E-state index contributed by atoms with van der Waals surface area (Å²) in [6.45, 7) is 0. The van der Waals surface area contributed by atoms with Crippen LogP contribution in [0.25, 0.3) is 10.9 Å². The molecule has 0 atom stereocenters. The number of nitrogens with zero attached hydrogens (tertiary/aromatic N) is 1. The molecule has 0 bridgehead atoms. The van der Waals surface area contributed by atoms with Crippen LogP contribution in [0.2, 0.25) is 0 Å². The lowest BCUT2D eigenvalue weighted by molar-refractivity contribution is 0.0693. The fraction of sp³-hybridized carbons (Fsp3) is 0.0556. The molecule has 3 rings (SSSR count). The second-order valence-corrected chi connectivity index (χ2v) is 5.47. The molecular formula is C18H12FNO5. The normalized spacial score (nSPS) is 10.8. The standard InChI is InChI=1S/C18H12FNO5/c19-11-3-1-9(2-4-11)5-10-6-12-13(17(22)23)7-14(18(24)25)16(21)15(12)20-8-10/h1-4,6-8,21H,5H2,(H,22,23)(H,24,25). The number of aromatic carboxylic acids is 2. The number of phenols is 1. The average molecular weight is 341 g/mol. The summed E-state index contributed by atoms with van der Waals surface area (Å²) in [7, 11) is 0. The summed E-state index contributed by atoms with van der Waals surface area (Å²) in [6.07, 6.45) is 1.80. The number of benzene rings is 2. The van der Waals surface area contributed by atoms with Gasteiger partial charge in [0.2, 0.25) is 0 Å². The molecule has 0 aliphatic rings. The van der Waals surface area contributed by atoms with Gasteiger partial charge in [0, 0.05) is 11.6 Å². The molecule has 0 saturated heterocycles. The topological polar surface area (TPSA) is 108 Å². The highest BCUT2D eigenvalue weighted by Crippen LogP contribution is 2.31. The Morgan fingerprint density at radius 3 is 2.20 bits per heavy atom. The maximum Gasteiger partial charge on any atom is 0.339 e. The molecule has 0 amide bonds. The van der Waals surface area contributed by atoms with Gasteiger partial charge in [0.15, 0.2) is 5.75 Å². The second kappa shape index (κ2) is 6.20. The molecule has 0 aliphatic carbocycles. The van der Waals surface area contributed by atoms with Crippen LogP contribution < -0.4 is 0 Å². The molecule has 0 saturated carbocycles. The van der Waals surface area contributed by atoms with E-state index in [1.165, 1.54) is 24.4 Å². The Morgan fingerprint density at radius 1 is 0.960 bits per heavy atom. The molecule has 0 fully saturated rings. The van der Waals surface area contributed by atoms with E-state index < -0.39 is 23.3 Å². The zero-order valence-corrected chi connectivity index (χ0v) is 12.7. The quantitative estimate of drug-likeness (QED) is 0.673. The van der Waals surface area contributed by atoms with Crippen molar-refractivity contribution in [3.63, 3.8) is 0 Å². The van der Waals surface area contributed by atoms with E-state index in [1.54, 1.807) is 12.1 Å². The highest BCUT2D eigenvalue weighted by atomic mass is 19.1. The molecular weight excluding hydrogens is 329 g/mol. The number of carbonyl (C=O) groups is 2. The number of rotatable bonds is 4. The van der Waals surface area contributed by atoms with Crippen molar-refractivity contribution in [2.75, 3.05) is 0 Å². The van der Waals surface area contributed by atoms with Crippen molar-refractivity contribution >= 4 is 22.8 Å². The molecule has 0 radical (unpaired) electrons. The number of aromatic nitrogens is 1. The Labute approximate surface area is 140 Å². The molecule has 126 valence electrons. The molecule has 6 nitrogen and oxygen atoms in total. The Kier molecular flexibility index (Phi) is 4.06. The minimum atomic E-state index is -1.45. The first-order valence-electron chi connectivity index (χ1n) is 7.22. The van der Waals surface area contributed by atoms with Gasteiger partial charge in [-0.15, -0.1) is 0 Å². The summed E-state index contributed by atoms with van der Waals surface area (Å²) in [6, 6.07) is 8.27. The van der Waals surface area contributed by atoms with Crippen LogP contribution in [0.4, 0.5) is 4.39 Å². The highest BCUT2D eigenvalue weighted by Gasteiger charge is 2.21. The number of pyridine rings is 1. The summed E-state index contributed by atoms with van der Waals surface area (Å²) in [5.74, 6) is -3.71. The number of aromatic hydroxyl groups is 1. The van der Waals surface area contributed by atoms with Gasteiger partial charge in [0.05, 0.1) is 5.56 Å². The van der Waals surface area contributed by atoms with Crippen LogP contribution in [-0.4, -0.2) is 32.2 Å². The van der Waals surface area contributed by atoms with Crippen molar-refractivity contribution in [1.82, 2.24) is 4.98 Å². The van der Waals surface area contributed by atoms with Gasteiger partial charge in [0.1, 0.15) is 16.9 Å². The Balaban J connectivity index is 2.14. The summed E-state index contributed by atoms with van der Waals surface area (Å²) >= 11 is 0. The van der Waals surface area contributed by atoms with Gasteiger partial charge >= 0.3 is 11.9 Å². The van der Waals surface area contributed by atoms with Gasteiger partial charge in [-0.3, -0.25) is 4.98 Å². The third-order valence-electron chi connectivity index (χ3n) is 3.78. The van der Waals surface area contributed by atoms with Crippen molar-refractivity contribution in [2.24, 2.45) is 0 Å². The predicted octanol–water partition coefficient (Wildman–Crippen LogP) is 3.07. The predicted molar refractivity (Wildman–Crippen MR) is 86.5 cm³/mol. The summed E-state index contributed by atoms with van der Waals surface area (Å²) in [5, 5.41) is 28.6. The van der Waals surface area contributed by atoms with Crippen LogP contribution >= 0.6 is 0 Å². The van der Waals surface area contributed by atoms with E-state index in [0.717, 1.165) is 11.6 Å². The minimum Gasteiger partial charge on any atom is -0.505 e. The van der Waals surface area contributed by atoms with Gasteiger partial charge in [-0.05, 0) is 41.8 Å². The molecule has 0 spiro atoms. The third-order valence-corrected chi connectivity index (χ3v) is 3.78. The SMILES string of the molecule is O=C(O)c1cc(C(=O)O)c2cc(Cc3ccc(F)cc3)cnc2c1O. The molecule has 1 aromatic heterocycles. The minimum absolute atomic E-state index is 0.0971. The number of hydrogen-bond acceptors (Lipinski definition) is 4. The highest BCUT2D eigenvalue weighted by molar-refractivity contribution is 6.09. The fourth-order valence-electron chi connectivity index (χ4n) is 2.59. The van der Waals surface area contributed by atoms with Crippen molar-refractivity contribution < 1.29 is 29.3 Å². The van der Waals surface area contributed by atoms with E-state index in [4.69, 9.17) is 5.11 Å². The maximum atomic E-state index is 13.0. The summed E-state index contributed by atoms with van der Waals surface area (Å²) in [5.41, 5.74) is 0.553. The molecule has 0 unspecified atom stereocenters. The molecule has 1 heterocycles. The van der Waals surface area contributed by atoms with Crippen molar-refractivity contribution in [2.45, 2.75) is 6.42 Å². The number of halogens is 1. The smallest absolute Gasteiger partial charge is 0.339 e. The van der Waals surface area contributed by atoms with Crippen LogP contribution in [0.1, 0.15) is 31.8 Å². The van der Waals surface area contributed by atoms with Crippen LogP contribution in [0.15, 0.2) is 42.6 Å². The average Bonchev–Trinajstić information content (AvgIpc) is 2.56. The van der Waals surface area contributed by atoms with E-state index in [0.29, 0.717) is 12.0 Å². The molecule has 2 aromatic carbocycles. The van der Waals surface area contributed by atoms with Crippen LogP contribution in [0, 0.1) is 5.82 Å². The first-order chi connectivity index (χ1) is 11.9. The van der Waals surface area contributed by atoms with Crippen molar-refractivity contribution in [3.05, 3.63) is 70.7 Å². The first kappa shape index (κ1) is 16.4. The molecule has 3 N–H and O–H groups in total.